The van der Waals surface area contributed by atoms with Gasteiger partial charge in [-0.25, -0.2) is 0 Å². The summed E-state index contributed by atoms with van der Waals surface area (Å²) in [6, 6.07) is 5.58. The minimum absolute atomic E-state index is 0.0520. The summed E-state index contributed by atoms with van der Waals surface area (Å²) >= 11 is 6.00. The lowest BCUT2D eigenvalue weighted by atomic mass is 10.1. The average Bonchev–Trinajstić information content (AvgIpc) is 3.21. The number of nitrogens with two attached hydrogens (primary N) is 1. The summed E-state index contributed by atoms with van der Waals surface area (Å²) in [6.07, 6.45) is 2.36. The number of hydrogen-bond donors (Lipinski definition) is 2. The van der Waals surface area contributed by atoms with Crippen LogP contribution in [0.3, 0.4) is 0 Å². The second-order valence-electron chi connectivity index (χ2n) is 5.09. The molecule has 1 fully saturated rings. The zero-order valence-electron chi connectivity index (χ0n) is 11.3. The van der Waals surface area contributed by atoms with Gasteiger partial charge in [0.1, 0.15) is 5.84 Å². The van der Waals surface area contributed by atoms with Crippen molar-refractivity contribution in [2.24, 2.45) is 10.9 Å². The second-order valence-corrected chi connectivity index (χ2v) is 5.52. The van der Waals surface area contributed by atoms with Crippen LogP contribution in [0.25, 0.3) is 0 Å². The highest BCUT2D eigenvalue weighted by Gasteiger charge is 2.33. The van der Waals surface area contributed by atoms with Gasteiger partial charge in [-0.1, -0.05) is 16.8 Å². The van der Waals surface area contributed by atoms with Crippen molar-refractivity contribution in [1.82, 2.24) is 4.90 Å². The van der Waals surface area contributed by atoms with Crippen molar-refractivity contribution in [3.63, 3.8) is 0 Å². The van der Waals surface area contributed by atoms with E-state index in [-0.39, 0.29) is 17.8 Å². The molecule has 1 aromatic rings. The number of nitrogens with zero attached hydrogens (tertiary/aromatic N) is 2. The number of rotatable bonds is 5. The van der Waals surface area contributed by atoms with Gasteiger partial charge in [0, 0.05) is 29.6 Å². The molecule has 0 radical (unpaired) electrons. The first kappa shape index (κ1) is 14.7. The van der Waals surface area contributed by atoms with Crippen LogP contribution in [0, 0.1) is 6.92 Å². The van der Waals surface area contributed by atoms with Crippen LogP contribution in [0.1, 0.15) is 35.2 Å². The summed E-state index contributed by atoms with van der Waals surface area (Å²) in [6.45, 7) is 2.35. The maximum Gasteiger partial charge on any atom is 0.254 e. The van der Waals surface area contributed by atoms with E-state index in [1.807, 2.05) is 19.1 Å². The van der Waals surface area contributed by atoms with Gasteiger partial charge in [0.2, 0.25) is 0 Å². The lowest BCUT2D eigenvalue weighted by Gasteiger charge is -2.22. The third kappa shape index (κ3) is 3.63. The molecular weight excluding hydrogens is 278 g/mol. The SMILES string of the molecule is Cc1cc(Cl)cc(C(=O)N(CC/C(N)=N/O)C2CC2)c1. The predicted molar refractivity (Wildman–Crippen MR) is 78.3 cm³/mol. The van der Waals surface area contributed by atoms with E-state index in [0.717, 1.165) is 18.4 Å². The topological polar surface area (TPSA) is 78.9 Å². The molecule has 0 atom stereocenters. The summed E-state index contributed by atoms with van der Waals surface area (Å²) in [5.41, 5.74) is 7.01. The number of amides is 1. The number of hydrogen-bond acceptors (Lipinski definition) is 3. The molecule has 0 bridgehead atoms. The summed E-state index contributed by atoms with van der Waals surface area (Å²) in [5, 5.41) is 12.1. The van der Waals surface area contributed by atoms with Gasteiger partial charge in [-0.3, -0.25) is 4.79 Å². The number of amidine groups is 1. The molecule has 6 heteroatoms. The van der Waals surface area contributed by atoms with Crippen LogP contribution >= 0.6 is 11.6 Å². The maximum absolute atomic E-state index is 12.6. The molecule has 1 amide bonds. The quantitative estimate of drug-likeness (QED) is 0.379. The number of halogens is 1. The van der Waals surface area contributed by atoms with Crippen molar-refractivity contribution in [2.45, 2.75) is 32.2 Å². The first-order valence-corrected chi connectivity index (χ1v) is 6.93. The van der Waals surface area contributed by atoms with Crippen molar-refractivity contribution < 1.29 is 10.0 Å². The van der Waals surface area contributed by atoms with Gasteiger partial charge >= 0.3 is 0 Å². The number of aryl methyl sites for hydroxylation is 1. The molecule has 108 valence electrons. The average molecular weight is 296 g/mol. The Labute approximate surface area is 123 Å². The van der Waals surface area contributed by atoms with Gasteiger partial charge in [-0.2, -0.15) is 0 Å². The van der Waals surface area contributed by atoms with Gasteiger partial charge < -0.3 is 15.8 Å². The van der Waals surface area contributed by atoms with Gasteiger partial charge in [-0.05, 0) is 43.5 Å². The Morgan fingerprint density at radius 3 is 2.75 bits per heavy atom. The number of carbonyl (C=O) groups is 1. The highest BCUT2D eigenvalue weighted by molar-refractivity contribution is 6.31. The van der Waals surface area contributed by atoms with Crippen molar-refractivity contribution in [3.8, 4) is 0 Å². The molecule has 0 heterocycles. The van der Waals surface area contributed by atoms with Crippen LogP contribution in [0.4, 0.5) is 0 Å². The number of carbonyl (C=O) groups excluding carboxylic acids is 1. The normalized spacial score (nSPS) is 15.2. The summed E-state index contributed by atoms with van der Waals surface area (Å²) < 4.78 is 0. The van der Waals surface area contributed by atoms with Gasteiger partial charge in [0.25, 0.3) is 5.91 Å². The lowest BCUT2D eigenvalue weighted by molar-refractivity contribution is 0.0747. The van der Waals surface area contributed by atoms with Crippen LogP contribution in [-0.4, -0.2) is 34.4 Å². The monoisotopic (exact) mass is 295 g/mol. The maximum atomic E-state index is 12.6. The Bertz CT molecular complexity index is 521. The van der Waals surface area contributed by atoms with Gasteiger partial charge in [0.05, 0.1) is 0 Å². The first-order valence-electron chi connectivity index (χ1n) is 6.56. The van der Waals surface area contributed by atoms with Crippen molar-refractivity contribution in [3.05, 3.63) is 34.3 Å². The number of benzene rings is 1. The zero-order chi connectivity index (χ0) is 14.7. The van der Waals surface area contributed by atoms with E-state index in [2.05, 4.69) is 5.16 Å². The van der Waals surface area contributed by atoms with E-state index in [4.69, 9.17) is 22.5 Å². The van der Waals surface area contributed by atoms with Crippen molar-refractivity contribution in [2.75, 3.05) is 6.54 Å². The van der Waals surface area contributed by atoms with Crippen LogP contribution in [-0.2, 0) is 0 Å². The van der Waals surface area contributed by atoms with Crippen LogP contribution in [0.15, 0.2) is 23.4 Å². The van der Waals surface area contributed by atoms with Gasteiger partial charge in [0.15, 0.2) is 0 Å². The fourth-order valence-electron chi connectivity index (χ4n) is 2.15. The molecule has 0 spiro atoms. The summed E-state index contributed by atoms with van der Waals surface area (Å²) in [7, 11) is 0. The molecule has 0 unspecified atom stereocenters. The van der Waals surface area contributed by atoms with Crippen molar-refractivity contribution >= 4 is 23.3 Å². The van der Waals surface area contributed by atoms with Gasteiger partial charge in [-0.15, -0.1) is 0 Å². The largest absolute Gasteiger partial charge is 0.409 e. The number of oxime groups is 1. The Kier molecular flexibility index (Phi) is 4.49. The van der Waals surface area contributed by atoms with Crippen LogP contribution < -0.4 is 5.73 Å². The molecule has 0 aromatic heterocycles. The minimum Gasteiger partial charge on any atom is -0.409 e. The molecule has 5 nitrogen and oxygen atoms in total. The molecule has 20 heavy (non-hydrogen) atoms. The molecule has 1 aliphatic rings. The Morgan fingerprint density at radius 2 is 2.20 bits per heavy atom. The molecular formula is C14H18ClN3O2. The molecule has 0 saturated heterocycles. The third-order valence-electron chi connectivity index (χ3n) is 3.27. The lowest BCUT2D eigenvalue weighted by Crippen LogP contribution is -2.36. The Balaban J connectivity index is 2.14. The van der Waals surface area contributed by atoms with Crippen LogP contribution in [0.5, 0.6) is 0 Å². The van der Waals surface area contributed by atoms with E-state index in [9.17, 15) is 4.79 Å². The summed E-state index contributed by atoms with van der Waals surface area (Å²) in [4.78, 5) is 14.3. The second kappa shape index (κ2) is 6.13. The van der Waals surface area contributed by atoms with E-state index >= 15 is 0 Å². The van der Waals surface area contributed by atoms with E-state index < -0.39 is 0 Å². The molecule has 2 rings (SSSR count). The van der Waals surface area contributed by atoms with Crippen LogP contribution in [0.2, 0.25) is 5.02 Å². The highest BCUT2D eigenvalue weighted by Crippen LogP contribution is 2.29. The molecule has 1 aromatic carbocycles. The van der Waals surface area contributed by atoms with E-state index in [1.165, 1.54) is 0 Å². The minimum atomic E-state index is -0.0520. The van der Waals surface area contributed by atoms with E-state index in [0.29, 0.717) is 23.6 Å². The Morgan fingerprint density at radius 1 is 1.50 bits per heavy atom. The standard InChI is InChI=1S/C14H18ClN3O2/c1-9-6-10(8-11(15)7-9)14(19)18(12-2-3-12)5-4-13(16)17-20/h6-8,12,20H,2-5H2,1H3,(H2,16,17). The fraction of sp³-hybridized carbons (Fsp3) is 0.429. The van der Waals surface area contributed by atoms with E-state index in [1.54, 1.807) is 11.0 Å². The molecule has 1 aliphatic carbocycles. The molecule has 3 N–H and O–H groups in total. The fourth-order valence-corrected chi connectivity index (χ4v) is 2.44. The third-order valence-corrected chi connectivity index (χ3v) is 3.49. The van der Waals surface area contributed by atoms with Crippen molar-refractivity contribution in [1.29, 1.82) is 0 Å². The molecule has 0 aliphatic heterocycles. The summed E-state index contributed by atoms with van der Waals surface area (Å²) in [5.74, 6) is 0.0783. The highest BCUT2D eigenvalue weighted by atomic mass is 35.5. The first-order chi connectivity index (χ1) is 9.51. The molecule has 1 saturated carbocycles. The zero-order valence-corrected chi connectivity index (χ0v) is 12.1. The smallest absolute Gasteiger partial charge is 0.254 e. The predicted octanol–water partition coefficient (Wildman–Crippen LogP) is 2.39. The Hall–Kier alpha value is -1.75.